The molecule has 19 heavy (non-hydrogen) atoms. The van der Waals surface area contributed by atoms with Gasteiger partial charge in [0, 0.05) is 14.2 Å². The van der Waals surface area contributed by atoms with Crippen molar-refractivity contribution >= 4 is 0 Å². The predicted molar refractivity (Wildman–Crippen MR) is 77.3 cm³/mol. The minimum absolute atomic E-state index is 0.0943. The zero-order valence-corrected chi connectivity index (χ0v) is 12.2. The molecule has 1 unspecified atom stereocenters. The standard InChI is InChI=1S/C16H25NO2/c1-4-17-15(16(18-2)19-3)14-11-6-5-10-13(14)12-8-7-9-12/h5-6,10-12,15-17H,4,7-9H2,1-3H3. The van der Waals surface area contributed by atoms with Gasteiger partial charge in [0.05, 0.1) is 6.04 Å². The molecule has 0 spiro atoms. The van der Waals surface area contributed by atoms with Crippen LogP contribution in [0.1, 0.15) is 49.3 Å². The van der Waals surface area contributed by atoms with Crippen LogP contribution in [0.15, 0.2) is 24.3 Å². The van der Waals surface area contributed by atoms with Gasteiger partial charge in [-0.2, -0.15) is 0 Å². The lowest BCUT2D eigenvalue weighted by molar-refractivity contribution is -0.124. The molecule has 0 amide bonds. The molecule has 0 radical (unpaired) electrons. The van der Waals surface area contributed by atoms with Gasteiger partial charge in [0.15, 0.2) is 6.29 Å². The van der Waals surface area contributed by atoms with Crippen molar-refractivity contribution in [2.24, 2.45) is 0 Å². The average molecular weight is 263 g/mol. The highest BCUT2D eigenvalue weighted by molar-refractivity contribution is 5.34. The number of methoxy groups -OCH3 is 2. The molecule has 1 aromatic rings. The van der Waals surface area contributed by atoms with E-state index in [-0.39, 0.29) is 12.3 Å². The Kier molecular flexibility index (Phi) is 5.37. The zero-order valence-electron chi connectivity index (χ0n) is 12.2. The monoisotopic (exact) mass is 263 g/mol. The highest BCUT2D eigenvalue weighted by atomic mass is 16.7. The van der Waals surface area contributed by atoms with Crippen LogP contribution in [-0.2, 0) is 9.47 Å². The van der Waals surface area contributed by atoms with Gasteiger partial charge in [-0.25, -0.2) is 0 Å². The highest BCUT2D eigenvalue weighted by Crippen LogP contribution is 2.40. The van der Waals surface area contributed by atoms with Gasteiger partial charge in [0.2, 0.25) is 0 Å². The third-order valence-electron chi connectivity index (χ3n) is 4.04. The summed E-state index contributed by atoms with van der Waals surface area (Å²) in [5.74, 6) is 0.715. The first-order chi connectivity index (χ1) is 9.31. The van der Waals surface area contributed by atoms with Gasteiger partial charge in [0.1, 0.15) is 0 Å². The lowest BCUT2D eigenvalue weighted by Gasteiger charge is -2.33. The maximum atomic E-state index is 5.47. The molecule has 1 fully saturated rings. The molecular weight excluding hydrogens is 238 g/mol. The molecule has 3 heteroatoms. The Hall–Kier alpha value is -0.900. The molecule has 0 aliphatic heterocycles. The third-order valence-corrected chi connectivity index (χ3v) is 4.04. The minimum atomic E-state index is -0.249. The van der Waals surface area contributed by atoms with Crippen molar-refractivity contribution in [1.29, 1.82) is 0 Å². The minimum Gasteiger partial charge on any atom is -0.354 e. The van der Waals surface area contributed by atoms with Crippen LogP contribution in [0, 0.1) is 0 Å². The van der Waals surface area contributed by atoms with Crippen LogP contribution in [-0.4, -0.2) is 27.1 Å². The van der Waals surface area contributed by atoms with Crippen molar-refractivity contribution in [3.8, 4) is 0 Å². The predicted octanol–water partition coefficient (Wildman–Crippen LogP) is 3.22. The van der Waals surface area contributed by atoms with E-state index in [0.29, 0.717) is 5.92 Å². The number of likely N-dealkylation sites (N-methyl/N-ethyl adjacent to an activating group) is 1. The lowest BCUT2D eigenvalue weighted by Crippen LogP contribution is -2.35. The molecule has 0 heterocycles. The maximum Gasteiger partial charge on any atom is 0.176 e. The van der Waals surface area contributed by atoms with E-state index in [1.165, 1.54) is 30.4 Å². The molecule has 1 aliphatic carbocycles. The lowest BCUT2D eigenvalue weighted by atomic mass is 9.77. The van der Waals surface area contributed by atoms with Gasteiger partial charge >= 0.3 is 0 Å². The molecule has 1 aliphatic rings. The van der Waals surface area contributed by atoms with Crippen molar-refractivity contribution in [3.05, 3.63) is 35.4 Å². The first-order valence-electron chi connectivity index (χ1n) is 7.19. The summed E-state index contributed by atoms with van der Waals surface area (Å²) in [6.45, 7) is 3.01. The fraction of sp³-hybridized carbons (Fsp3) is 0.625. The quantitative estimate of drug-likeness (QED) is 0.766. The van der Waals surface area contributed by atoms with Crippen LogP contribution in [0.3, 0.4) is 0 Å². The molecule has 2 rings (SSSR count). The molecule has 0 aromatic heterocycles. The van der Waals surface area contributed by atoms with Crippen LogP contribution in [0.5, 0.6) is 0 Å². The van der Waals surface area contributed by atoms with Crippen LogP contribution in [0.25, 0.3) is 0 Å². The van der Waals surface area contributed by atoms with Crippen LogP contribution in [0.2, 0.25) is 0 Å². The summed E-state index contributed by atoms with van der Waals surface area (Å²) >= 11 is 0. The van der Waals surface area contributed by atoms with Crippen molar-refractivity contribution in [1.82, 2.24) is 5.32 Å². The zero-order chi connectivity index (χ0) is 13.7. The molecule has 0 bridgehead atoms. The summed E-state index contributed by atoms with van der Waals surface area (Å²) in [6.07, 6.45) is 3.71. The molecule has 3 nitrogen and oxygen atoms in total. The van der Waals surface area contributed by atoms with Gasteiger partial charge in [-0.05, 0) is 36.4 Å². The Balaban J connectivity index is 2.29. The largest absolute Gasteiger partial charge is 0.354 e. The second-order valence-corrected chi connectivity index (χ2v) is 5.13. The molecule has 1 atom stereocenters. The number of hydrogen-bond donors (Lipinski definition) is 1. The Morgan fingerprint density at radius 1 is 1.21 bits per heavy atom. The van der Waals surface area contributed by atoms with Crippen molar-refractivity contribution in [2.75, 3.05) is 20.8 Å². The summed E-state index contributed by atoms with van der Waals surface area (Å²) < 4.78 is 10.9. The van der Waals surface area contributed by atoms with Gasteiger partial charge in [-0.1, -0.05) is 37.6 Å². The van der Waals surface area contributed by atoms with Gasteiger partial charge in [-0.3, -0.25) is 0 Å². The second kappa shape index (κ2) is 7.04. The Labute approximate surface area is 116 Å². The van der Waals surface area contributed by atoms with Crippen LogP contribution in [0.4, 0.5) is 0 Å². The highest BCUT2D eigenvalue weighted by Gasteiger charge is 2.28. The third kappa shape index (κ3) is 3.16. The summed E-state index contributed by atoms with van der Waals surface area (Å²) in [5.41, 5.74) is 2.78. The molecule has 0 saturated heterocycles. The molecular formula is C16H25NO2. The van der Waals surface area contributed by atoms with Crippen molar-refractivity contribution in [3.63, 3.8) is 0 Å². The molecule has 106 valence electrons. The number of benzene rings is 1. The molecule has 1 saturated carbocycles. The fourth-order valence-corrected chi connectivity index (χ4v) is 2.83. The van der Waals surface area contributed by atoms with E-state index in [0.717, 1.165) is 6.54 Å². The number of nitrogens with one attached hydrogen (secondary N) is 1. The van der Waals surface area contributed by atoms with E-state index in [2.05, 4.69) is 36.5 Å². The molecule has 1 N–H and O–H groups in total. The van der Waals surface area contributed by atoms with Crippen LogP contribution < -0.4 is 5.32 Å². The first kappa shape index (κ1) is 14.5. The normalized spacial score (nSPS) is 17.5. The van der Waals surface area contributed by atoms with E-state index < -0.39 is 0 Å². The Morgan fingerprint density at radius 3 is 2.42 bits per heavy atom. The average Bonchev–Trinajstić information content (AvgIpc) is 2.38. The number of rotatable bonds is 7. The SMILES string of the molecule is CCNC(c1ccccc1C1CCC1)C(OC)OC. The summed E-state index contributed by atoms with van der Waals surface area (Å²) in [4.78, 5) is 0. The van der Waals surface area contributed by atoms with Crippen molar-refractivity contribution in [2.45, 2.75) is 44.4 Å². The number of ether oxygens (including phenoxy) is 2. The number of hydrogen-bond acceptors (Lipinski definition) is 3. The smallest absolute Gasteiger partial charge is 0.176 e. The molecule has 1 aromatic carbocycles. The maximum absolute atomic E-state index is 5.47. The summed E-state index contributed by atoms with van der Waals surface area (Å²) in [7, 11) is 3.40. The van der Waals surface area contributed by atoms with E-state index >= 15 is 0 Å². The fourth-order valence-electron chi connectivity index (χ4n) is 2.83. The van der Waals surface area contributed by atoms with Gasteiger partial charge < -0.3 is 14.8 Å². The topological polar surface area (TPSA) is 30.5 Å². The van der Waals surface area contributed by atoms with E-state index in [1.54, 1.807) is 14.2 Å². The van der Waals surface area contributed by atoms with Crippen molar-refractivity contribution < 1.29 is 9.47 Å². The summed E-state index contributed by atoms with van der Waals surface area (Å²) in [5, 5.41) is 3.49. The Bertz CT molecular complexity index is 386. The van der Waals surface area contributed by atoms with E-state index in [4.69, 9.17) is 9.47 Å². The Morgan fingerprint density at radius 2 is 1.89 bits per heavy atom. The summed E-state index contributed by atoms with van der Waals surface area (Å²) in [6, 6.07) is 8.79. The van der Waals surface area contributed by atoms with Crippen LogP contribution >= 0.6 is 0 Å². The van der Waals surface area contributed by atoms with E-state index in [9.17, 15) is 0 Å². The van der Waals surface area contributed by atoms with Gasteiger partial charge in [0.25, 0.3) is 0 Å². The van der Waals surface area contributed by atoms with Gasteiger partial charge in [-0.15, -0.1) is 0 Å². The second-order valence-electron chi connectivity index (χ2n) is 5.13. The first-order valence-corrected chi connectivity index (χ1v) is 7.19. The van der Waals surface area contributed by atoms with E-state index in [1.807, 2.05) is 0 Å².